The van der Waals surface area contributed by atoms with Crippen LogP contribution in [0.2, 0.25) is 0 Å². The van der Waals surface area contributed by atoms with Crippen molar-refractivity contribution in [3.8, 4) is 17.2 Å². The molecule has 0 aliphatic carbocycles. The molecule has 2 aliphatic heterocycles. The van der Waals surface area contributed by atoms with Crippen molar-refractivity contribution in [1.82, 2.24) is 19.8 Å². The molecule has 286 valence electrons. The summed E-state index contributed by atoms with van der Waals surface area (Å²) >= 11 is 0. The lowest BCUT2D eigenvalue weighted by atomic mass is 9.88. The summed E-state index contributed by atoms with van der Waals surface area (Å²) in [6, 6.07) is 23.2. The molecule has 5 heterocycles. The number of hydrogen-bond acceptors (Lipinski definition) is 9. The normalized spacial score (nSPS) is 17.4. The van der Waals surface area contributed by atoms with Gasteiger partial charge in [-0.2, -0.15) is 0 Å². The Bertz CT molecular complexity index is 2330. The van der Waals surface area contributed by atoms with Crippen LogP contribution in [0.5, 0.6) is 17.2 Å². The van der Waals surface area contributed by atoms with Crippen LogP contribution in [0, 0.1) is 12.7 Å². The number of fused-ring (bicyclic) bond motifs is 2. The number of pyridine rings is 1. The molecular weight excluding hydrogens is 698 g/mol. The van der Waals surface area contributed by atoms with Crippen molar-refractivity contribution in [2.45, 2.75) is 58.2 Å². The summed E-state index contributed by atoms with van der Waals surface area (Å²) in [5.41, 5.74) is 6.51. The van der Waals surface area contributed by atoms with Crippen molar-refractivity contribution in [2.75, 3.05) is 51.8 Å². The number of rotatable bonds is 10. The monoisotopic (exact) mass is 745 g/mol. The van der Waals surface area contributed by atoms with E-state index in [-0.39, 0.29) is 6.04 Å². The van der Waals surface area contributed by atoms with Crippen LogP contribution < -0.4 is 14.4 Å². The summed E-state index contributed by atoms with van der Waals surface area (Å²) < 4.78 is 37.3. The van der Waals surface area contributed by atoms with Crippen LogP contribution in [0.1, 0.15) is 71.5 Å². The molecule has 1 atom stereocenters. The number of ether oxygens (including phenoxy) is 3. The zero-order chi connectivity index (χ0) is 38.2. The van der Waals surface area contributed by atoms with E-state index in [4.69, 9.17) is 18.6 Å². The average Bonchev–Trinajstić information content (AvgIpc) is 3.77. The van der Waals surface area contributed by atoms with E-state index in [9.17, 15) is 9.18 Å². The fraction of sp³-hybridized carbons (Fsp3) is 0.364. The first-order valence-corrected chi connectivity index (χ1v) is 19.1. The van der Waals surface area contributed by atoms with Crippen molar-refractivity contribution in [1.29, 1.82) is 0 Å². The van der Waals surface area contributed by atoms with Crippen molar-refractivity contribution in [3.05, 3.63) is 113 Å². The SMILES string of the molecule is COC(=O)c1ccc(N2CCC(N3CCN(Cc4cc(OC)c5oc(C)cc5c4)C[C@H]3c3ccccc3C(C)C)CC2)cc1Oc1cnc2[nH]cc(F)c2c1. The van der Waals surface area contributed by atoms with Gasteiger partial charge in [-0.15, -0.1) is 0 Å². The number of piperidine rings is 1. The molecule has 0 unspecified atom stereocenters. The quantitative estimate of drug-likeness (QED) is 0.138. The third kappa shape index (κ3) is 7.38. The average molecular weight is 746 g/mol. The largest absolute Gasteiger partial charge is 0.493 e. The second-order valence-corrected chi connectivity index (χ2v) is 15.0. The Morgan fingerprint density at radius 3 is 2.60 bits per heavy atom. The molecule has 3 aromatic carbocycles. The summed E-state index contributed by atoms with van der Waals surface area (Å²) in [6.45, 7) is 11.9. The van der Waals surface area contributed by atoms with Crippen LogP contribution in [-0.2, 0) is 11.3 Å². The number of halogens is 1. The van der Waals surface area contributed by atoms with Crippen LogP contribution in [0.25, 0.3) is 22.0 Å². The molecule has 8 rings (SSSR count). The third-order valence-electron chi connectivity index (χ3n) is 11.2. The number of aryl methyl sites for hydroxylation is 1. The standard InChI is InChI=1S/C44H48FN5O5/c1-27(2)34-8-6-7-9-35(34)39-26-48(25-29-19-30-18-28(3)54-42(30)41(20-29)52-4)16-17-50(39)31-12-14-49(15-13-31)32-10-11-36(44(51)53-5)40(21-32)55-33-22-37-38(45)24-47-43(37)46-23-33/h6-11,18-24,27,31,39H,12-17,25-26H2,1-5H3,(H,46,47)/t39-/m0/s1. The van der Waals surface area contributed by atoms with Gasteiger partial charge in [-0.3, -0.25) is 9.80 Å². The van der Waals surface area contributed by atoms with Gasteiger partial charge in [-0.25, -0.2) is 14.2 Å². The third-order valence-corrected chi connectivity index (χ3v) is 11.2. The second-order valence-electron chi connectivity index (χ2n) is 15.0. The molecule has 3 aromatic heterocycles. The zero-order valence-corrected chi connectivity index (χ0v) is 32.1. The molecule has 1 N–H and O–H groups in total. The predicted molar refractivity (Wildman–Crippen MR) is 212 cm³/mol. The van der Waals surface area contributed by atoms with Gasteiger partial charge in [0.25, 0.3) is 0 Å². The number of esters is 1. The Kier molecular flexibility index (Phi) is 10.2. The lowest BCUT2D eigenvalue weighted by Crippen LogP contribution is -2.54. The highest BCUT2D eigenvalue weighted by atomic mass is 19.1. The van der Waals surface area contributed by atoms with Crippen molar-refractivity contribution in [3.63, 3.8) is 0 Å². The Hall–Kier alpha value is -5.39. The number of aromatic amines is 1. The highest BCUT2D eigenvalue weighted by Gasteiger charge is 2.36. The minimum absolute atomic E-state index is 0.251. The Morgan fingerprint density at radius 1 is 1.00 bits per heavy atom. The van der Waals surface area contributed by atoms with Gasteiger partial charge in [0.2, 0.25) is 0 Å². The molecule has 2 fully saturated rings. The van der Waals surface area contributed by atoms with Gasteiger partial charge in [0.1, 0.15) is 34.3 Å². The summed E-state index contributed by atoms with van der Waals surface area (Å²) in [5.74, 6) is 1.80. The number of H-pyrrole nitrogens is 1. The summed E-state index contributed by atoms with van der Waals surface area (Å²) in [5, 5.41) is 1.39. The van der Waals surface area contributed by atoms with Gasteiger partial charge in [-0.1, -0.05) is 38.1 Å². The van der Waals surface area contributed by atoms with Crippen LogP contribution in [0.3, 0.4) is 0 Å². The van der Waals surface area contributed by atoms with E-state index < -0.39 is 11.8 Å². The van der Waals surface area contributed by atoms with Crippen LogP contribution >= 0.6 is 0 Å². The molecule has 0 spiro atoms. The molecule has 10 nitrogen and oxygen atoms in total. The van der Waals surface area contributed by atoms with E-state index in [1.807, 2.05) is 19.1 Å². The topological polar surface area (TPSA) is 96.3 Å². The van der Waals surface area contributed by atoms with Gasteiger partial charge in [0.15, 0.2) is 11.3 Å². The molecule has 6 aromatic rings. The number of anilines is 1. The van der Waals surface area contributed by atoms with Crippen LogP contribution in [0.4, 0.5) is 10.1 Å². The van der Waals surface area contributed by atoms with Crippen molar-refractivity contribution in [2.24, 2.45) is 0 Å². The number of methoxy groups -OCH3 is 2. The fourth-order valence-electron chi connectivity index (χ4n) is 8.52. The van der Waals surface area contributed by atoms with E-state index in [1.54, 1.807) is 19.2 Å². The molecule has 0 radical (unpaired) electrons. The number of piperazine rings is 1. The molecule has 2 saturated heterocycles. The highest BCUT2D eigenvalue weighted by molar-refractivity contribution is 5.93. The molecule has 0 amide bonds. The van der Waals surface area contributed by atoms with E-state index in [2.05, 4.69) is 81.0 Å². The maximum absolute atomic E-state index is 14.3. The van der Waals surface area contributed by atoms with Crippen LogP contribution in [-0.4, -0.2) is 78.7 Å². The first kappa shape index (κ1) is 36.6. The van der Waals surface area contributed by atoms with Gasteiger partial charge in [0, 0.05) is 74.7 Å². The zero-order valence-electron chi connectivity index (χ0n) is 32.1. The van der Waals surface area contributed by atoms with Gasteiger partial charge >= 0.3 is 5.97 Å². The first-order chi connectivity index (χ1) is 26.7. The minimum atomic E-state index is -0.509. The van der Waals surface area contributed by atoms with Crippen LogP contribution in [0.15, 0.2) is 83.5 Å². The number of nitrogens with zero attached hydrogens (tertiary/aromatic N) is 4. The first-order valence-electron chi connectivity index (χ1n) is 19.1. The maximum Gasteiger partial charge on any atom is 0.341 e. The lowest BCUT2D eigenvalue weighted by Gasteiger charge is -2.48. The summed E-state index contributed by atoms with van der Waals surface area (Å²) in [6.07, 6.45) is 4.77. The molecule has 11 heteroatoms. The molecular formula is C44H48FN5O5. The summed E-state index contributed by atoms with van der Waals surface area (Å²) in [7, 11) is 3.05. The molecule has 0 saturated carbocycles. The number of carbonyl (C=O) groups is 1. The lowest BCUT2D eigenvalue weighted by molar-refractivity contribution is 0.0271. The summed E-state index contributed by atoms with van der Waals surface area (Å²) in [4.78, 5) is 27.5. The fourth-order valence-corrected chi connectivity index (χ4v) is 8.52. The Labute approximate surface area is 320 Å². The van der Waals surface area contributed by atoms with Gasteiger partial charge in [0.05, 0.1) is 25.8 Å². The Balaban J connectivity index is 1.01. The van der Waals surface area contributed by atoms with Gasteiger partial charge < -0.3 is 28.5 Å². The molecule has 2 aliphatic rings. The van der Waals surface area contributed by atoms with E-state index >= 15 is 0 Å². The molecule has 0 bridgehead atoms. The number of aromatic nitrogens is 2. The molecule has 55 heavy (non-hydrogen) atoms. The van der Waals surface area contributed by atoms with E-state index in [0.717, 1.165) is 80.3 Å². The number of nitrogens with one attached hydrogen (secondary N) is 1. The predicted octanol–water partition coefficient (Wildman–Crippen LogP) is 9.00. The number of furan rings is 1. The van der Waals surface area contributed by atoms with E-state index in [0.29, 0.717) is 40.1 Å². The maximum atomic E-state index is 14.3. The minimum Gasteiger partial charge on any atom is -0.493 e. The second kappa shape index (κ2) is 15.4. The van der Waals surface area contributed by atoms with Crippen molar-refractivity contribution < 1.29 is 27.8 Å². The van der Waals surface area contributed by atoms with Crippen molar-refractivity contribution >= 4 is 33.7 Å². The Morgan fingerprint density at radius 2 is 1.82 bits per heavy atom. The number of benzene rings is 3. The number of hydrogen-bond donors (Lipinski definition) is 1. The van der Waals surface area contributed by atoms with Gasteiger partial charge in [-0.05, 0) is 78.8 Å². The highest BCUT2D eigenvalue weighted by Crippen LogP contribution is 2.38. The smallest absolute Gasteiger partial charge is 0.341 e. The van der Waals surface area contributed by atoms with E-state index in [1.165, 1.54) is 36.2 Å². The number of carbonyl (C=O) groups excluding carboxylic acids is 1.